The molecule has 0 aromatic heterocycles. The largest absolute Gasteiger partial charge is 0.376 e. The molecule has 1 unspecified atom stereocenters. The van der Waals surface area contributed by atoms with Gasteiger partial charge < -0.3 is 14.8 Å². The van der Waals surface area contributed by atoms with E-state index < -0.39 is 20.5 Å². The number of ether oxygens (including phenoxy) is 2. The first-order valence-corrected chi connectivity index (χ1v) is 17.2. The molecule has 0 aliphatic rings. The number of Topliss-reactive ketones (excluding diaryl/α,β-unsaturated/α-hetero) is 1. The molecule has 9 heteroatoms. The summed E-state index contributed by atoms with van der Waals surface area (Å²) in [5.41, 5.74) is 0.243. The molecular weight excluding hydrogens is 558 g/mol. The highest BCUT2D eigenvalue weighted by Crippen LogP contribution is 2.33. The highest BCUT2D eigenvalue weighted by molar-refractivity contribution is 8.00. The minimum Gasteiger partial charge on any atom is -0.376 e. The van der Waals surface area contributed by atoms with Crippen LogP contribution < -0.4 is 5.32 Å². The van der Waals surface area contributed by atoms with Crippen LogP contribution in [0.3, 0.4) is 0 Å². The van der Waals surface area contributed by atoms with E-state index in [4.69, 9.17) is 9.47 Å². The summed E-state index contributed by atoms with van der Waals surface area (Å²) in [7, 11) is -3.67. The van der Waals surface area contributed by atoms with Crippen LogP contribution in [0.1, 0.15) is 117 Å². The number of carbonyl (C=O) groups excluding carboxylic acids is 2. The van der Waals surface area contributed by atoms with Crippen molar-refractivity contribution in [3.05, 3.63) is 35.4 Å². The molecule has 1 N–H and O–H groups in total. The highest BCUT2D eigenvalue weighted by atomic mass is 32.2. The number of hydrogen-bond acceptors (Lipinski definition) is 7. The average molecular weight is 614 g/mol. The molecule has 1 atom stereocenters. The fraction of sp³-hybridized carbons (Fsp3) is 0.750. The zero-order valence-corrected chi connectivity index (χ0v) is 29.1. The van der Waals surface area contributed by atoms with Crippen molar-refractivity contribution in [1.29, 1.82) is 0 Å². The quantitative estimate of drug-likeness (QED) is 0.206. The third-order valence-corrected chi connectivity index (χ3v) is 10.9. The summed E-state index contributed by atoms with van der Waals surface area (Å²) in [6.07, 6.45) is 1.09. The predicted octanol–water partition coefficient (Wildman–Crippen LogP) is 6.74. The van der Waals surface area contributed by atoms with Crippen LogP contribution in [0, 0.1) is 5.92 Å². The van der Waals surface area contributed by atoms with Crippen LogP contribution in [-0.2, 0) is 19.3 Å². The van der Waals surface area contributed by atoms with Gasteiger partial charge in [0.05, 0.1) is 21.7 Å². The van der Waals surface area contributed by atoms with Crippen molar-refractivity contribution in [2.45, 2.75) is 123 Å². The van der Waals surface area contributed by atoms with Gasteiger partial charge in [-0.1, -0.05) is 26.0 Å². The second-order valence-electron chi connectivity index (χ2n) is 14.3. The van der Waals surface area contributed by atoms with Gasteiger partial charge in [0.1, 0.15) is 0 Å². The number of nitrogens with one attached hydrogen (secondary N) is 1. The molecule has 0 aliphatic heterocycles. The fourth-order valence-electron chi connectivity index (χ4n) is 3.82. The van der Waals surface area contributed by atoms with Gasteiger partial charge in [0.2, 0.25) is 0 Å². The van der Waals surface area contributed by atoms with Crippen molar-refractivity contribution in [3.63, 3.8) is 0 Å². The van der Waals surface area contributed by atoms with Gasteiger partial charge in [-0.3, -0.25) is 9.59 Å². The van der Waals surface area contributed by atoms with E-state index in [2.05, 4.69) is 19.2 Å². The van der Waals surface area contributed by atoms with Gasteiger partial charge in [-0.2, -0.15) is 11.8 Å². The van der Waals surface area contributed by atoms with Gasteiger partial charge in [0, 0.05) is 46.8 Å². The molecule has 0 aliphatic carbocycles. The minimum atomic E-state index is -3.67. The molecule has 7 nitrogen and oxygen atoms in total. The number of benzene rings is 1. The molecule has 41 heavy (non-hydrogen) atoms. The Morgan fingerprint density at radius 3 is 1.73 bits per heavy atom. The molecule has 0 heterocycles. The number of carbonyl (C=O) groups is 2. The van der Waals surface area contributed by atoms with Gasteiger partial charge in [0.25, 0.3) is 5.91 Å². The normalized spacial score (nSPS) is 14.3. The monoisotopic (exact) mass is 613 g/mol. The van der Waals surface area contributed by atoms with E-state index in [9.17, 15) is 18.0 Å². The van der Waals surface area contributed by atoms with Crippen molar-refractivity contribution in [3.8, 4) is 0 Å². The van der Waals surface area contributed by atoms with Crippen LogP contribution in [-0.4, -0.2) is 71.6 Å². The molecule has 1 aromatic carbocycles. The van der Waals surface area contributed by atoms with E-state index in [1.165, 1.54) is 0 Å². The molecule has 0 spiro atoms. The van der Waals surface area contributed by atoms with Crippen LogP contribution in [0.25, 0.3) is 0 Å². The fourth-order valence-corrected chi connectivity index (χ4v) is 6.76. The zero-order chi connectivity index (χ0) is 31.9. The van der Waals surface area contributed by atoms with Crippen LogP contribution in [0.4, 0.5) is 0 Å². The molecule has 1 amide bonds. The van der Waals surface area contributed by atoms with Gasteiger partial charge >= 0.3 is 0 Å². The maximum atomic E-state index is 13.8. The summed E-state index contributed by atoms with van der Waals surface area (Å²) < 4.78 is 37.9. The summed E-state index contributed by atoms with van der Waals surface area (Å²) in [5.74, 6) is -1.10. The Labute approximate surface area is 254 Å². The number of amides is 1. The minimum absolute atomic E-state index is 0.00951. The molecule has 0 fully saturated rings. The summed E-state index contributed by atoms with van der Waals surface area (Å²) in [5, 5.41) is 2.84. The van der Waals surface area contributed by atoms with E-state index in [0.717, 1.165) is 6.42 Å². The molecule has 0 radical (unpaired) electrons. The van der Waals surface area contributed by atoms with Crippen LogP contribution in [0.2, 0.25) is 0 Å². The first-order valence-electron chi connectivity index (χ1n) is 14.5. The van der Waals surface area contributed by atoms with Crippen molar-refractivity contribution in [2.75, 3.05) is 24.7 Å². The Kier molecular flexibility index (Phi) is 13.6. The second-order valence-corrected chi connectivity index (χ2v) is 18.7. The molecule has 0 saturated heterocycles. The highest BCUT2D eigenvalue weighted by Gasteiger charge is 2.39. The number of rotatable bonds is 16. The van der Waals surface area contributed by atoms with Crippen molar-refractivity contribution < 1.29 is 27.5 Å². The summed E-state index contributed by atoms with van der Waals surface area (Å²) in [4.78, 5) is 26.2. The van der Waals surface area contributed by atoms with E-state index in [1.807, 2.05) is 55.4 Å². The summed E-state index contributed by atoms with van der Waals surface area (Å²) in [6, 6.07) is 6.46. The van der Waals surface area contributed by atoms with Gasteiger partial charge in [-0.05, 0) is 94.2 Å². The lowest BCUT2D eigenvalue weighted by Gasteiger charge is -2.31. The van der Waals surface area contributed by atoms with E-state index >= 15 is 0 Å². The van der Waals surface area contributed by atoms with Crippen LogP contribution in [0.15, 0.2) is 24.3 Å². The lowest BCUT2D eigenvalue weighted by Crippen LogP contribution is -2.40. The lowest BCUT2D eigenvalue weighted by molar-refractivity contribution is -0.00683. The predicted molar refractivity (Wildman–Crippen MR) is 172 cm³/mol. The maximum Gasteiger partial charge on any atom is 0.251 e. The Hall–Kier alpha value is -1.42. The number of thioether (sulfide) groups is 1. The molecule has 0 saturated carbocycles. The summed E-state index contributed by atoms with van der Waals surface area (Å²) in [6.45, 7) is 24.1. The third-order valence-electron chi connectivity index (χ3n) is 6.64. The van der Waals surface area contributed by atoms with E-state index in [0.29, 0.717) is 36.5 Å². The number of sulfone groups is 1. The molecule has 0 bridgehead atoms. The first kappa shape index (κ1) is 37.6. The molecule has 1 rings (SSSR count). The molecule has 236 valence electrons. The van der Waals surface area contributed by atoms with Gasteiger partial charge in [-0.15, -0.1) is 0 Å². The Morgan fingerprint density at radius 2 is 1.27 bits per heavy atom. The second kappa shape index (κ2) is 14.8. The lowest BCUT2D eigenvalue weighted by atomic mass is 9.99. The Bertz CT molecular complexity index is 1090. The van der Waals surface area contributed by atoms with Crippen molar-refractivity contribution in [2.24, 2.45) is 5.92 Å². The summed E-state index contributed by atoms with van der Waals surface area (Å²) >= 11 is 1.59. The van der Waals surface area contributed by atoms with E-state index in [-0.39, 0.29) is 39.4 Å². The first-order chi connectivity index (χ1) is 18.4. The number of ketones is 1. The zero-order valence-electron chi connectivity index (χ0n) is 27.5. The molecular formula is C32H55NO6S2. The third kappa shape index (κ3) is 14.1. The standard InChI is InChI=1S/C32H55NO6S2/c1-23(2)33-28(35)25-15-13-24(14-16-25)27(34)26(21-40-31(9,10)17-19-38-29(3,4)5)22-41(36,37)32(11,12)18-20-39-30(6,7)8/h13-16,23,26H,17-22H2,1-12H3,(H,33,35). The van der Waals surface area contributed by atoms with Crippen molar-refractivity contribution >= 4 is 33.3 Å². The van der Waals surface area contributed by atoms with E-state index in [1.54, 1.807) is 49.9 Å². The SMILES string of the molecule is CC(C)NC(=O)c1ccc(C(=O)C(CSC(C)(C)CCOC(C)(C)C)CS(=O)(=O)C(C)(C)CCOC(C)(C)C)cc1. The Morgan fingerprint density at radius 1 is 0.805 bits per heavy atom. The van der Waals surface area contributed by atoms with Gasteiger partial charge in [0.15, 0.2) is 15.6 Å². The van der Waals surface area contributed by atoms with Gasteiger partial charge in [-0.25, -0.2) is 8.42 Å². The van der Waals surface area contributed by atoms with Crippen LogP contribution >= 0.6 is 11.8 Å². The average Bonchev–Trinajstić information content (AvgIpc) is 2.78. The maximum absolute atomic E-state index is 13.8. The smallest absolute Gasteiger partial charge is 0.251 e. The van der Waals surface area contributed by atoms with Crippen LogP contribution in [0.5, 0.6) is 0 Å². The number of hydrogen-bond donors (Lipinski definition) is 1. The Balaban J connectivity index is 3.19. The van der Waals surface area contributed by atoms with Crippen molar-refractivity contribution in [1.82, 2.24) is 5.32 Å². The topological polar surface area (TPSA) is 98.8 Å². The molecule has 1 aromatic rings.